The van der Waals surface area contributed by atoms with E-state index >= 15 is 0 Å². The number of nitrogens with zero attached hydrogens (tertiary/aromatic N) is 1. The lowest BCUT2D eigenvalue weighted by Gasteiger charge is -2.17. The number of carbonyl (C=O) groups is 2. The van der Waals surface area contributed by atoms with E-state index in [0.29, 0.717) is 19.6 Å². The number of amides is 2. The second kappa shape index (κ2) is 4.06. The van der Waals surface area contributed by atoms with Crippen LogP contribution < -0.4 is 5.32 Å². The molecule has 0 radical (unpaired) electrons. The molecule has 1 aliphatic heterocycles. The van der Waals surface area contributed by atoms with E-state index in [-0.39, 0.29) is 24.8 Å². The highest BCUT2D eigenvalue weighted by molar-refractivity contribution is 5.97. The third-order valence-corrected chi connectivity index (χ3v) is 1.74. The molecule has 68 valence electrons. The third-order valence-electron chi connectivity index (χ3n) is 1.74. The summed E-state index contributed by atoms with van der Waals surface area (Å²) in [5.74, 6) is -0.445. The van der Waals surface area contributed by atoms with Crippen LogP contribution >= 0.6 is 0 Å². The van der Waals surface area contributed by atoms with Gasteiger partial charge in [-0.3, -0.25) is 9.59 Å². The summed E-state index contributed by atoms with van der Waals surface area (Å²) < 4.78 is 0. The highest BCUT2D eigenvalue weighted by Crippen LogP contribution is 1.97. The van der Waals surface area contributed by atoms with Gasteiger partial charge in [0.05, 0.1) is 6.61 Å². The summed E-state index contributed by atoms with van der Waals surface area (Å²) in [7, 11) is 0. The van der Waals surface area contributed by atoms with Crippen molar-refractivity contribution >= 4 is 11.8 Å². The summed E-state index contributed by atoms with van der Waals surface area (Å²) in [6.45, 7) is 1.23. The van der Waals surface area contributed by atoms with Crippen molar-refractivity contribution in [3.8, 4) is 0 Å². The smallest absolute Gasteiger partial charge is 0.232 e. The van der Waals surface area contributed by atoms with Gasteiger partial charge in [-0.2, -0.15) is 0 Å². The van der Waals surface area contributed by atoms with Gasteiger partial charge in [0, 0.05) is 19.6 Å². The maximum atomic E-state index is 11.2. The molecular weight excluding hydrogens is 160 g/mol. The van der Waals surface area contributed by atoms with Crippen LogP contribution in [0.2, 0.25) is 0 Å². The fraction of sp³-hybridized carbons (Fsp3) is 0.714. The Bertz CT molecular complexity index is 193. The predicted octanol–water partition coefficient (Wildman–Crippen LogP) is -1.67. The van der Waals surface area contributed by atoms with Crippen LogP contribution in [0.25, 0.3) is 0 Å². The Balaban J connectivity index is 2.51. The normalized spacial score (nSPS) is 18.9. The van der Waals surface area contributed by atoms with Crippen LogP contribution in [0, 0.1) is 0 Å². The van der Waals surface area contributed by atoms with Gasteiger partial charge in [-0.05, 0) is 0 Å². The van der Waals surface area contributed by atoms with Crippen LogP contribution in [-0.4, -0.2) is 48.1 Å². The lowest BCUT2D eigenvalue weighted by Crippen LogP contribution is -2.34. The minimum atomic E-state index is -0.236. The van der Waals surface area contributed by atoms with Crippen molar-refractivity contribution in [2.24, 2.45) is 0 Å². The Morgan fingerprint density at radius 2 is 2.25 bits per heavy atom. The molecule has 1 saturated heterocycles. The first-order valence-corrected chi connectivity index (χ1v) is 3.89. The molecule has 1 rings (SSSR count). The van der Waals surface area contributed by atoms with Crippen molar-refractivity contribution in [2.45, 2.75) is 6.42 Å². The first kappa shape index (κ1) is 8.99. The van der Waals surface area contributed by atoms with Crippen LogP contribution in [0.4, 0.5) is 0 Å². The highest BCUT2D eigenvalue weighted by atomic mass is 16.3. The molecule has 5 nitrogen and oxygen atoms in total. The summed E-state index contributed by atoms with van der Waals surface area (Å²) in [6.07, 6.45) is -0.0972. The second-order valence-corrected chi connectivity index (χ2v) is 2.63. The van der Waals surface area contributed by atoms with Gasteiger partial charge in [0.15, 0.2) is 0 Å². The van der Waals surface area contributed by atoms with E-state index in [0.717, 1.165) is 0 Å². The second-order valence-electron chi connectivity index (χ2n) is 2.63. The molecule has 0 aromatic carbocycles. The summed E-state index contributed by atoms with van der Waals surface area (Å²) in [5.41, 5.74) is 0. The quantitative estimate of drug-likeness (QED) is 0.489. The fourth-order valence-electron chi connectivity index (χ4n) is 1.12. The minimum absolute atomic E-state index is 0.0556. The lowest BCUT2D eigenvalue weighted by atomic mass is 10.3. The summed E-state index contributed by atoms with van der Waals surface area (Å²) >= 11 is 0. The van der Waals surface area contributed by atoms with Gasteiger partial charge in [-0.1, -0.05) is 0 Å². The standard InChI is InChI=1S/C7H12N2O3/c10-4-3-9-2-1-8-6(11)5-7(9)12/h10H,1-5H2,(H,8,11). The van der Waals surface area contributed by atoms with E-state index < -0.39 is 0 Å². The summed E-state index contributed by atoms with van der Waals surface area (Å²) in [5, 5.41) is 11.2. The van der Waals surface area contributed by atoms with E-state index in [2.05, 4.69) is 5.32 Å². The van der Waals surface area contributed by atoms with Crippen molar-refractivity contribution < 1.29 is 14.7 Å². The Labute approximate surface area is 70.4 Å². The van der Waals surface area contributed by atoms with Gasteiger partial charge < -0.3 is 15.3 Å². The number of aliphatic hydroxyl groups is 1. The van der Waals surface area contributed by atoms with E-state index in [1.165, 1.54) is 4.90 Å². The summed E-state index contributed by atoms with van der Waals surface area (Å²) in [4.78, 5) is 23.5. The molecule has 0 unspecified atom stereocenters. The molecule has 0 aliphatic carbocycles. The van der Waals surface area contributed by atoms with E-state index in [4.69, 9.17) is 5.11 Å². The zero-order valence-electron chi connectivity index (χ0n) is 6.75. The number of rotatable bonds is 2. The number of carbonyl (C=O) groups excluding carboxylic acids is 2. The molecule has 1 fully saturated rings. The highest BCUT2D eigenvalue weighted by Gasteiger charge is 2.19. The molecule has 12 heavy (non-hydrogen) atoms. The maximum Gasteiger partial charge on any atom is 0.232 e. The number of β-amino-alcohol motifs (C(OH)–C–C–N with tert-alkyl or cyclic N) is 1. The lowest BCUT2D eigenvalue weighted by molar-refractivity contribution is -0.134. The first-order valence-electron chi connectivity index (χ1n) is 3.89. The Morgan fingerprint density at radius 3 is 2.92 bits per heavy atom. The average Bonchev–Trinajstić information content (AvgIpc) is 2.15. The van der Waals surface area contributed by atoms with Gasteiger partial charge in [0.2, 0.25) is 11.8 Å². The van der Waals surface area contributed by atoms with Crippen molar-refractivity contribution in [3.63, 3.8) is 0 Å². The molecule has 0 spiro atoms. The number of hydrogen-bond acceptors (Lipinski definition) is 3. The van der Waals surface area contributed by atoms with E-state index in [1.807, 2.05) is 0 Å². The van der Waals surface area contributed by atoms with Gasteiger partial charge in [0.25, 0.3) is 0 Å². The molecule has 1 aliphatic rings. The molecule has 0 saturated carbocycles. The van der Waals surface area contributed by atoms with Gasteiger partial charge >= 0.3 is 0 Å². The molecule has 0 aromatic heterocycles. The molecular formula is C7H12N2O3. The van der Waals surface area contributed by atoms with E-state index in [9.17, 15) is 9.59 Å². The Morgan fingerprint density at radius 1 is 1.50 bits per heavy atom. The third kappa shape index (κ3) is 2.20. The fourth-order valence-corrected chi connectivity index (χ4v) is 1.12. The van der Waals surface area contributed by atoms with Gasteiger partial charge in [0.1, 0.15) is 6.42 Å². The topological polar surface area (TPSA) is 69.6 Å². The molecule has 2 N–H and O–H groups in total. The minimum Gasteiger partial charge on any atom is -0.395 e. The Hall–Kier alpha value is -1.10. The average molecular weight is 172 g/mol. The first-order chi connectivity index (χ1) is 5.74. The van der Waals surface area contributed by atoms with Crippen molar-refractivity contribution in [2.75, 3.05) is 26.2 Å². The molecule has 2 amide bonds. The number of hydrogen-bond donors (Lipinski definition) is 2. The van der Waals surface area contributed by atoms with Crippen molar-refractivity contribution in [1.82, 2.24) is 10.2 Å². The van der Waals surface area contributed by atoms with Crippen LogP contribution in [0.1, 0.15) is 6.42 Å². The van der Waals surface area contributed by atoms with Crippen molar-refractivity contribution in [3.05, 3.63) is 0 Å². The molecule has 0 aromatic rings. The number of aliphatic hydroxyl groups excluding tert-OH is 1. The summed E-state index contributed by atoms with van der Waals surface area (Å²) in [6, 6.07) is 0. The zero-order valence-corrected chi connectivity index (χ0v) is 6.75. The SMILES string of the molecule is O=C1CC(=O)N(CCO)CCN1. The van der Waals surface area contributed by atoms with Gasteiger partial charge in [-0.25, -0.2) is 0 Å². The van der Waals surface area contributed by atoms with Crippen molar-refractivity contribution in [1.29, 1.82) is 0 Å². The number of nitrogens with one attached hydrogen (secondary N) is 1. The Kier molecular flexibility index (Phi) is 3.04. The maximum absolute atomic E-state index is 11.2. The van der Waals surface area contributed by atoms with Gasteiger partial charge in [-0.15, -0.1) is 0 Å². The van der Waals surface area contributed by atoms with Crippen LogP contribution in [0.15, 0.2) is 0 Å². The molecule has 0 bridgehead atoms. The molecule has 5 heteroatoms. The zero-order chi connectivity index (χ0) is 8.97. The molecule has 0 atom stereocenters. The largest absolute Gasteiger partial charge is 0.395 e. The van der Waals surface area contributed by atoms with Crippen LogP contribution in [-0.2, 0) is 9.59 Å². The monoisotopic (exact) mass is 172 g/mol. The van der Waals surface area contributed by atoms with Crippen LogP contribution in [0.3, 0.4) is 0 Å². The van der Waals surface area contributed by atoms with E-state index in [1.54, 1.807) is 0 Å². The predicted molar refractivity (Wildman–Crippen MR) is 41.3 cm³/mol. The van der Waals surface area contributed by atoms with Crippen LogP contribution in [0.5, 0.6) is 0 Å². The molecule has 1 heterocycles.